The average Bonchev–Trinajstić information content (AvgIpc) is 2.44. The highest BCUT2D eigenvalue weighted by atomic mass is 16.3. The molecule has 0 radical (unpaired) electrons. The van der Waals surface area contributed by atoms with Crippen LogP contribution in [0.15, 0.2) is 10.5 Å². The van der Waals surface area contributed by atoms with Gasteiger partial charge in [0.1, 0.15) is 11.5 Å². The number of carbonyl (C=O) groups is 2. The van der Waals surface area contributed by atoms with Crippen LogP contribution >= 0.6 is 0 Å². The Morgan fingerprint density at radius 3 is 2.40 bits per heavy atom. The third-order valence-electron chi connectivity index (χ3n) is 2.24. The number of carbonyl (C=O) groups excluding carboxylic acids is 2. The molecule has 0 aliphatic rings. The topological polar surface area (TPSA) is 59.3 Å². The van der Waals surface area contributed by atoms with Crippen LogP contribution in [0.25, 0.3) is 0 Å². The van der Waals surface area contributed by atoms with Crippen molar-refractivity contribution in [3.05, 3.63) is 23.2 Å². The maximum Gasteiger partial charge on any atom is 0.255 e. The van der Waals surface area contributed by atoms with Crippen molar-refractivity contribution in [2.75, 3.05) is 0 Å². The first-order valence-electron chi connectivity index (χ1n) is 4.80. The summed E-state index contributed by atoms with van der Waals surface area (Å²) in [5.74, 6) is 0.919. The molecule has 1 aromatic rings. The van der Waals surface area contributed by atoms with Gasteiger partial charge in [0.2, 0.25) is 0 Å². The van der Waals surface area contributed by atoms with Gasteiger partial charge in [0.25, 0.3) is 5.91 Å². The lowest BCUT2D eigenvalue weighted by atomic mass is 10.2. The zero-order chi connectivity index (χ0) is 11.6. The fourth-order valence-electron chi connectivity index (χ4n) is 1.23. The molecule has 1 aromatic heterocycles. The summed E-state index contributed by atoms with van der Waals surface area (Å²) >= 11 is 0. The normalized spacial score (nSPS) is 12.3. The number of hydrogen-bond acceptors (Lipinski definition) is 3. The van der Waals surface area contributed by atoms with Gasteiger partial charge in [0.05, 0.1) is 11.6 Å². The molecule has 0 spiro atoms. The average molecular weight is 209 g/mol. The van der Waals surface area contributed by atoms with Crippen molar-refractivity contribution in [3.8, 4) is 0 Å². The van der Waals surface area contributed by atoms with Crippen molar-refractivity contribution >= 4 is 11.7 Å². The summed E-state index contributed by atoms with van der Waals surface area (Å²) < 4.78 is 5.23. The predicted molar refractivity (Wildman–Crippen MR) is 55.8 cm³/mol. The van der Waals surface area contributed by atoms with E-state index in [1.807, 2.05) is 0 Å². The summed E-state index contributed by atoms with van der Waals surface area (Å²) in [7, 11) is 0. The van der Waals surface area contributed by atoms with Crippen LogP contribution in [-0.2, 0) is 4.79 Å². The van der Waals surface area contributed by atoms with Crippen molar-refractivity contribution in [1.29, 1.82) is 0 Å². The van der Waals surface area contributed by atoms with Crippen molar-refractivity contribution in [3.63, 3.8) is 0 Å². The summed E-state index contributed by atoms with van der Waals surface area (Å²) in [6.07, 6.45) is 0. The Bertz CT molecular complexity index is 393. The molecule has 15 heavy (non-hydrogen) atoms. The molecule has 4 nitrogen and oxygen atoms in total. The van der Waals surface area contributed by atoms with Crippen LogP contribution in [0.2, 0.25) is 0 Å². The maximum absolute atomic E-state index is 11.7. The molecule has 0 aromatic carbocycles. The van der Waals surface area contributed by atoms with E-state index in [-0.39, 0.29) is 11.7 Å². The Morgan fingerprint density at radius 2 is 2.00 bits per heavy atom. The van der Waals surface area contributed by atoms with E-state index >= 15 is 0 Å². The van der Waals surface area contributed by atoms with Gasteiger partial charge in [-0.2, -0.15) is 0 Å². The van der Waals surface area contributed by atoms with Crippen LogP contribution in [-0.4, -0.2) is 17.7 Å². The van der Waals surface area contributed by atoms with Gasteiger partial charge in [-0.05, 0) is 33.8 Å². The standard InChI is InChI=1S/C11H15NO3/c1-6-5-10(9(4)15-6)11(14)12-7(2)8(3)13/h5,7H,1-4H3,(H,12,14). The molecule has 1 amide bonds. The molecule has 1 heterocycles. The highest BCUT2D eigenvalue weighted by Gasteiger charge is 2.17. The summed E-state index contributed by atoms with van der Waals surface area (Å²) in [4.78, 5) is 22.6. The van der Waals surface area contributed by atoms with Gasteiger partial charge in [-0.1, -0.05) is 0 Å². The smallest absolute Gasteiger partial charge is 0.255 e. The number of nitrogens with one attached hydrogen (secondary N) is 1. The monoisotopic (exact) mass is 209 g/mol. The van der Waals surface area contributed by atoms with Gasteiger partial charge in [-0.3, -0.25) is 9.59 Å². The van der Waals surface area contributed by atoms with E-state index in [1.54, 1.807) is 26.8 Å². The Hall–Kier alpha value is -1.58. The fourth-order valence-corrected chi connectivity index (χ4v) is 1.23. The molecular weight excluding hydrogens is 194 g/mol. The summed E-state index contributed by atoms with van der Waals surface area (Å²) in [6, 6.07) is 1.20. The van der Waals surface area contributed by atoms with Crippen LogP contribution in [0.4, 0.5) is 0 Å². The zero-order valence-electron chi connectivity index (χ0n) is 9.38. The SMILES string of the molecule is CC(=O)C(C)NC(=O)c1cc(C)oc1C. The van der Waals surface area contributed by atoms with E-state index < -0.39 is 6.04 Å². The number of hydrogen-bond donors (Lipinski definition) is 1. The molecule has 0 saturated carbocycles. The van der Waals surface area contributed by atoms with Crippen LogP contribution in [0.3, 0.4) is 0 Å². The number of Topliss-reactive ketones (excluding diaryl/α,β-unsaturated/α-hetero) is 1. The molecule has 0 bridgehead atoms. The Kier molecular flexibility index (Phi) is 3.29. The Balaban J connectivity index is 2.77. The van der Waals surface area contributed by atoms with Crippen molar-refractivity contribution in [2.24, 2.45) is 0 Å². The third-order valence-corrected chi connectivity index (χ3v) is 2.24. The van der Waals surface area contributed by atoms with Crippen LogP contribution < -0.4 is 5.32 Å². The highest BCUT2D eigenvalue weighted by molar-refractivity contribution is 5.98. The van der Waals surface area contributed by atoms with Crippen LogP contribution in [0.1, 0.15) is 35.7 Å². The van der Waals surface area contributed by atoms with Crippen molar-refractivity contribution < 1.29 is 14.0 Å². The molecule has 0 aliphatic carbocycles. The van der Waals surface area contributed by atoms with Gasteiger partial charge in [-0.25, -0.2) is 0 Å². The first-order chi connectivity index (χ1) is 6.91. The number of amides is 1. The lowest BCUT2D eigenvalue weighted by molar-refractivity contribution is -0.118. The molecule has 4 heteroatoms. The Labute approximate surface area is 88.7 Å². The predicted octanol–water partition coefficient (Wildman–Crippen LogP) is 1.60. The van der Waals surface area contributed by atoms with E-state index in [0.29, 0.717) is 17.1 Å². The number of rotatable bonds is 3. The molecule has 1 rings (SSSR count). The number of furan rings is 1. The minimum Gasteiger partial charge on any atom is -0.466 e. The molecule has 82 valence electrons. The summed E-state index contributed by atoms with van der Waals surface area (Å²) in [6.45, 7) is 6.60. The van der Waals surface area contributed by atoms with Crippen LogP contribution in [0, 0.1) is 13.8 Å². The lowest BCUT2D eigenvalue weighted by Gasteiger charge is -2.09. The second kappa shape index (κ2) is 4.29. The van der Waals surface area contributed by atoms with Gasteiger partial charge in [0, 0.05) is 0 Å². The molecule has 1 unspecified atom stereocenters. The van der Waals surface area contributed by atoms with Crippen LogP contribution in [0.5, 0.6) is 0 Å². The molecule has 1 N–H and O–H groups in total. The van der Waals surface area contributed by atoms with Gasteiger partial charge < -0.3 is 9.73 Å². The second-order valence-corrected chi connectivity index (χ2v) is 3.63. The molecule has 0 aliphatic heterocycles. The van der Waals surface area contributed by atoms with E-state index in [1.165, 1.54) is 6.92 Å². The Morgan fingerprint density at radius 1 is 1.40 bits per heavy atom. The molecular formula is C11H15NO3. The quantitative estimate of drug-likeness (QED) is 0.822. The van der Waals surface area contributed by atoms with Gasteiger partial charge >= 0.3 is 0 Å². The van der Waals surface area contributed by atoms with E-state index in [4.69, 9.17) is 4.42 Å². The highest BCUT2D eigenvalue weighted by Crippen LogP contribution is 2.13. The molecule has 0 fully saturated rings. The molecule has 0 saturated heterocycles. The first kappa shape index (κ1) is 11.5. The van der Waals surface area contributed by atoms with Gasteiger partial charge in [0.15, 0.2) is 5.78 Å². The van der Waals surface area contributed by atoms with Gasteiger partial charge in [-0.15, -0.1) is 0 Å². The summed E-state index contributed by atoms with van der Waals surface area (Å²) in [5.41, 5.74) is 0.487. The van der Waals surface area contributed by atoms with Crippen molar-refractivity contribution in [2.45, 2.75) is 33.7 Å². The maximum atomic E-state index is 11.7. The summed E-state index contributed by atoms with van der Waals surface area (Å²) in [5, 5.41) is 2.60. The third kappa shape index (κ3) is 2.68. The molecule has 1 atom stereocenters. The number of ketones is 1. The fraction of sp³-hybridized carbons (Fsp3) is 0.455. The minimum atomic E-state index is -0.466. The lowest BCUT2D eigenvalue weighted by Crippen LogP contribution is -2.37. The van der Waals surface area contributed by atoms with E-state index in [0.717, 1.165) is 0 Å². The minimum absolute atomic E-state index is 0.0683. The second-order valence-electron chi connectivity index (χ2n) is 3.63. The van der Waals surface area contributed by atoms with Crippen molar-refractivity contribution in [1.82, 2.24) is 5.32 Å². The first-order valence-corrected chi connectivity index (χ1v) is 4.80. The largest absolute Gasteiger partial charge is 0.466 e. The zero-order valence-corrected chi connectivity index (χ0v) is 9.38. The number of aryl methyl sites for hydroxylation is 2. The van der Waals surface area contributed by atoms with E-state index in [2.05, 4.69) is 5.32 Å². The van der Waals surface area contributed by atoms with E-state index in [9.17, 15) is 9.59 Å².